The molecule has 1 aromatic rings. The maximum atomic E-state index is 11.5. The Morgan fingerprint density at radius 1 is 1.33 bits per heavy atom. The van der Waals surface area contributed by atoms with E-state index in [-0.39, 0.29) is 6.04 Å². The molecule has 0 fully saturated rings. The predicted molar refractivity (Wildman–Crippen MR) is 58.1 cm³/mol. The second-order valence-corrected chi connectivity index (χ2v) is 5.69. The number of nitrogens with one attached hydrogen (secondary N) is 1. The van der Waals surface area contributed by atoms with E-state index in [9.17, 15) is 8.42 Å². The Morgan fingerprint density at radius 2 is 2.00 bits per heavy atom. The Balaban J connectivity index is 2.44. The summed E-state index contributed by atoms with van der Waals surface area (Å²) in [7, 11) is -1.92. The van der Waals surface area contributed by atoms with Crippen LogP contribution in [0.3, 0.4) is 0 Å². The van der Waals surface area contributed by atoms with Crippen LogP contribution < -0.4 is 10.5 Å². The highest BCUT2D eigenvalue weighted by atomic mass is 32.2. The summed E-state index contributed by atoms with van der Waals surface area (Å²) >= 11 is 0. The maximum Gasteiger partial charge on any atom is 0.240 e. The van der Waals surface area contributed by atoms with E-state index in [1.807, 2.05) is 6.07 Å². The second-order valence-electron chi connectivity index (χ2n) is 3.81. The van der Waals surface area contributed by atoms with E-state index in [2.05, 4.69) is 4.72 Å². The molecule has 0 heterocycles. The largest absolute Gasteiger partial charge is 0.327 e. The van der Waals surface area contributed by atoms with Crippen molar-refractivity contribution in [3.63, 3.8) is 0 Å². The zero-order chi connectivity index (χ0) is 11.1. The van der Waals surface area contributed by atoms with Gasteiger partial charge in [-0.2, -0.15) is 0 Å². The molecular formula is C10H14N2O2S. The fourth-order valence-corrected chi connectivity index (χ4v) is 2.69. The lowest BCUT2D eigenvalue weighted by atomic mass is 10.1. The molecule has 0 saturated carbocycles. The minimum atomic E-state index is -3.33. The summed E-state index contributed by atoms with van der Waals surface area (Å²) in [4.78, 5) is 0.317. The fourth-order valence-electron chi connectivity index (χ4n) is 1.91. The van der Waals surface area contributed by atoms with Crippen LogP contribution in [0.25, 0.3) is 0 Å². The van der Waals surface area contributed by atoms with Crippen molar-refractivity contribution >= 4 is 10.0 Å². The molecule has 0 unspecified atom stereocenters. The molecule has 0 bridgehead atoms. The van der Waals surface area contributed by atoms with Gasteiger partial charge in [0.1, 0.15) is 0 Å². The molecule has 0 amide bonds. The minimum absolute atomic E-state index is 0.132. The Morgan fingerprint density at radius 3 is 2.67 bits per heavy atom. The summed E-state index contributed by atoms with van der Waals surface area (Å²) in [5.74, 6) is 0. The average molecular weight is 226 g/mol. The van der Waals surface area contributed by atoms with Crippen molar-refractivity contribution in [2.75, 3.05) is 7.05 Å². The Bertz CT molecular complexity index is 482. The smallest absolute Gasteiger partial charge is 0.240 e. The standard InChI is InChI=1S/C10H14N2O2S/c1-12-15(13,14)10-3-2-7-4-9(11)5-8(7)6-10/h2-3,6,9,12H,4-5,11H2,1H3/t9-/m0/s1. The van der Waals surface area contributed by atoms with Gasteiger partial charge in [-0.05, 0) is 43.1 Å². The molecule has 1 atom stereocenters. The van der Waals surface area contributed by atoms with E-state index in [1.165, 1.54) is 7.05 Å². The first kappa shape index (κ1) is 10.6. The van der Waals surface area contributed by atoms with Gasteiger partial charge in [-0.3, -0.25) is 0 Å². The molecule has 3 N–H and O–H groups in total. The van der Waals surface area contributed by atoms with Gasteiger partial charge in [0.2, 0.25) is 10.0 Å². The quantitative estimate of drug-likeness (QED) is 0.746. The highest BCUT2D eigenvalue weighted by Crippen LogP contribution is 2.24. The van der Waals surface area contributed by atoms with Gasteiger partial charge in [-0.15, -0.1) is 0 Å². The number of nitrogens with two attached hydrogens (primary N) is 1. The third-order valence-corrected chi connectivity index (χ3v) is 4.13. The number of rotatable bonds is 2. The van der Waals surface area contributed by atoms with Crippen LogP contribution in [0.2, 0.25) is 0 Å². The van der Waals surface area contributed by atoms with Crippen molar-refractivity contribution in [2.24, 2.45) is 5.73 Å². The summed E-state index contributed by atoms with van der Waals surface area (Å²) in [6.07, 6.45) is 1.61. The van der Waals surface area contributed by atoms with Crippen LogP contribution >= 0.6 is 0 Å². The molecule has 5 heteroatoms. The molecule has 1 aliphatic rings. The molecular weight excluding hydrogens is 212 g/mol. The van der Waals surface area contributed by atoms with Gasteiger partial charge in [-0.25, -0.2) is 13.1 Å². The molecule has 4 nitrogen and oxygen atoms in total. The van der Waals surface area contributed by atoms with Crippen molar-refractivity contribution in [1.82, 2.24) is 4.72 Å². The number of benzene rings is 1. The van der Waals surface area contributed by atoms with Crippen molar-refractivity contribution in [3.05, 3.63) is 29.3 Å². The van der Waals surface area contributed by atoms with Gasteiger partial charge in [0.05, 0.1) is 4.90 Å². The lowest BCUT2D eigenvalue weighted by Gasteiger charge is -2.04. The normalized spacial score (nSPS) is 20.3. The third-order valence-electron chi connectivity index (χ3n) is 2.72. The monoisotopic (exact) mass is 226 g/mol. The number of sulfonamides is 1. The molecule has 0 saturated heterocycles. The van der Waals surface area contributed by atoms with E-state index in [4.69, 9.17) is 5.73 Å². The van der Waals surface area contributed by atoms with Crippen molar-refractivity contribution in [1.29, 1.82) is 0 Å². The van der Waals surface area contributed by atoms with Gasteiger partial charge in [0.25, 0.3) is 0 Å². The Hall–Kier alpha value is -0.910. The highest BCUT2D eigenvalue weighted by Gasteiger charge is 2.20. The lowest BCUT2D eigenvalue weighted by Crippen LogP contribution is -2.19. The van der Waals surface area contributed by atoms with Crippen molar-refractivity contribution in [3.8, 4) is 0 Å². The molecule has 1 aliphatic carbocycles. The van der Waals surface area contributed by atoms with Crippen LogP contribution in [-0.4, -0.2) is 21.5 Å². The van der Waals surface area contributed by atoms with E-state index < -0.39 is 10.0 Å². The fraction of sp³-hybridized carbons (Fsp3) is 0.400. The zero-order valence-electron chi connectivity index (χ0n) is 8.53. The van der Waals surface area contributed by atoms with Crippen molar-refractivity contribution < 1.29 is 8.42 Å². The Kier molecular flexibility index (Phi) is 2.54. The molecule has 0 spiro atoms. The van der Waals surface area contributed by atoms with E-state index in [1.54, 1.807) is 12.1 Å². The molecule has 0 aliphatic heterocycles. The van der Waals surface area contributed by atoms with Gasteiger partial charge in [0.15, 0.2) is 0 Å². The van der Waals surface area contributed by atoms with Crippen LogP contribution in [0.15, 0.2) is 23.1 Å². The predicted octanol–water partition coefficient (Wildman–Crippen LogP) is 0.0206. The first-order valence-corrected chi connectivity index (χ1v) is 6.32. The van der Waals surface area contributed by atoms with Crippen LogP contribution in [0.5, 0.6) is 0 Å². The number of hydrogen-bond donors (Lipinski definition) is 2. The zero-order valence-corrected chi connectivity index (χ0v) is 9.34. The SMILES string of the molecule is CNS(=O)(=O)c1ccc2c(c1)C[C@@H](N)C2. The average Bonchev–Trinajstić information content (AvgIpc) is 2.56. The minimum Gasteiger partial charge on any atom is -0.327 e. The van der Waals surface area contributed by atoms with Gasteiger partial charge in [0, 0.05) is 6.04 Å². The molecule has 2 rings (SSSR count). The summed E-state index contributed by atoms with van der Waals surface area (Å²) in [6, 6.07) is 5.33. The van der Waals surface area contributed by atoms with E-state index >= 15 is 0 Å². The Labute approximate surface area is 89.5 Å². The highest BCUT2D eigenvalue weighted by molar-refractivity contribution is 7.89. The molecule has 82 valence electrons. The van der Waals surface area contributed by atoms with Gasteiger partial charge >= 0.3 is 0 Å². The molecule has 15 heavy (non-hydrogen) atoms. The molecule has 0 radical (unpaired) electrons. The summed E-state index contributed by atoms with van der Waals surface area (Å²) in [5, 5.41) is 0. The summed E-state index contributed by atoms with van der Waals surface area (Å²) in [5.41, 5.74) is 8.03. The molecule has 1 aromatic carbocycles. The summed E-state index contributed by atoms with van der Waals surface area (Å²) < 4.78 is 25.4. The molecule has 0 aromatic heterocycles. The third kappa shape index (κ3) is 1.90. The van der Waals surface area contributed by atoms with E-state index in [0.29, 0.717) is 4.90 Å². The lowest BCUT2D eigenvalue weighted by molar-refractivity contribution is 0.588. The topological polar surface area (TPSA) is 72.2 Å². The van der Waals surface area contributed by atoms with Crippen LogP contribution in [-0.2, 0) is 22.9 Å². The van der Waals surface area contributed by atoms with E-state index in [0.717, 1.165) is 24.0 Å². The number of fused-ring (bicyclic) bond motifs is 1. The first-order valence-electron chi connectivity index (χ1n) is 4.84. The summed E-state index contributed by atoms with van der Waals surface area (Å²) in [6.45, 7) is 0. The number of hydrogen-bond acceptors (Lipinski definition) is 3. The maximum absolute atomic E-state index is 11.5. The van der Waals surface area contributed by atoms with Crippen LogP contribution in [0, 0.1) is 0 Å². The first-order chi connectivity index (χ1) is 7.03. The van der Waals surface area contributed by atoms with Gasteiger partial charge in [-0.1, -0.05) is 6.07 Å². The van der Waals surface area contributed by atoms with Crippen molar-refractivity contribution in [2.45, 2.75) is 23.8 Å². The second kappa shape index (κ2) is 3.59. The van der Waals surface area contributed by atoms with Gasteiger partial charge < -0.3 is 5.73 Å². The van der Waals surface area contributed by atoms with Crippen LogP contribution in [0.1, 0.15) is 11.1 Å². The van der Waals surface area contributed by atoms with Crippen LogP contribution in [0.4, 0.5) is 0 Å².